The molecule has 1 aromatic carbocycles. The normalized spacial score (nSPS) is 12.1. The molecule has 12 heteroatoms. The molecule has 158 valence electrons. The van der Waals surface area contributed by atoms with Gasteiger partial charge in [-0.1, -0.05) is 11.6 Å². The third-order valence-corrected chi connectivity index (χ3v) is 4.35. The van der Waals surface area contributed by atoms with E-state index in [4.69, 9.17) is 16.9 Å². The lowest BCUT2D eigenvalue weighted by atomic mass is 10.1. The van der Waals surface area contributed by atoms with Gasteiger partial charge in [0.05, 0.1) is 16.1 Å². The number of aromatic nitrogens is 1. The molecule has 2 rings (SSSR count). The first-order valence-electron chi connectivity index (χ1n) is 8.14. The van der Waals surface area contributed by atoms with Crippen LogP contribution in [-0.2, 0) is 11.8 Å². The fourth-order valence-corrected chi connectivity index (χ4v) is 2.71. The van der Waals surface area contributed by atoms with Gasteiger partial charge in [-0.15, -0.1) is 0 Å². The van der Waals surface area contributed by atoms with Crippen molar-refractivity contribution in [3.8, 4) is 6.07 Å². The number of hydrogen-bond donors (Lipinski definition) is 2. The second-order valence-corrected chi connectivity index (χ2v) is 6.52. The Balaban J connectivity index is 2.26. The summed E-state index contributed by atoms with van der Waals surface area (Å²) in [5.41, 5.74) is -1.02. The van der Waals surface area contributed by atoms with Gasteiger partial charge in [0, 0.05) is 18.9 Å². The number of carbonyl (C=O) groups is 3. The van der Waals surface area contributed by atoms with Gasteiger partial charge in [-0.25, -0.2) is 4.39 Å². The highest BCUT2D eigenvalue weighted by atomic mass is 35.5. The van der Waals surface area contributed by atoms with Gasteiger partial charge in [0.15, 0.2) is 0 Å². The summed E-state index contributed by atoms with van der Waals surface area (Å²) in [6.45, 7) is 0.662. The van der Waals surface area contributed by atoms with Crippen molar-refractivity contribution in [2.75, 3.05) is 5.32 Å². The molecule has 1 heterocycles. The Kier molecular flexibility index (Phi) is 6.52. The zero-order chi connectivity index (χ0) is 22.8. The van der Waals surface area contributed by atoms with Gasteiger partial charge in [0.25, 0.3) is 17.6 Å². The molecule has 7 nitrogen and oxygen atoms in total. The van der Waals surface area contributed by atoms with Crippen LogP contribution in [0.5, 0.6) is 0 Å². The number of nitrogens with zero attached hydrogens (tertiary/aromatic N) is 2. The molecular formula is C18H13ClF4N4O3. The smallest absolute Gasteiger partial charge is 0.345 e. The maximum atomic E-state index is 13.4. The van der Waals surface area contributed by atoms with Crippen LogP contribution in [-0.4, -0.2) is 34.4 Å². The summed E-state index contributed by atoms with van der Waals surface area (Å²) in [4.78, 5) is 36.6. The van der Waals surface area contributed by atoms with Gasteiger partial charge in [-0.3, -0.25) is 14.4 Å². The van der Waals surface area contributed by atoms with Crippen molar-refractivity contribution in [3.63, 3.8) is 0 Å². The van der Waals surface area contributed by atoms with E-state index in [-0.39, 0.29) is 16.9 Å². The van der Waals surface area contributed by atoms with Crippen molar-refractivity contribution in [3.05, 3.63) is 52.1 Å². The number of Topliss-reactive ketones (excluding diaryl/α,β-unsaturated/α-hetero) is 1. The third-order valence-electron chi connectivity index (χ3n) is 3.97. The van der Waals surface area contributed by atoms with E-state index in [0.717, 1.165) is 22.9 Å². The number of nitrogens with one attached hydrogen (secondary N) is 2. The first-order valence-corrected chi connectivity index (χ1v) is 8.52. The number of ketones is 1. The molecule has 0 spiro atoms. The number of benzene rings is 1. The van der Waals surface area contributed by atoms with E-state index in [2.05, 4.69) is 5.32 Å². The molecule has 0 fully saturated rings. The molecule has 1 aromatic heterocycles. The molecule has 30 heavy (non-hydrogen) atoms. The Hall–Kier alpha value is -3.39. The van der Waals surface area contributed by atoms with Crippen LogP contribution >= 0.6 is 11.6 Å². The maximum Gasteiger partial charge on any atom is 0.408 e. The Labute approximate surface area is 172 Å². The highest BCUT2D eigenvalue weighted by Gasteiger charge is 2.38. The summed E-state index contributed by atoms with van der Waals surface area (Å²) in [7, 11) is 1.32. The lowest BCUT2D eigenvalue weighted by Crippen LogP contribution is -2.45. The number of rotatable bonds is 5. The predicted octanol–water partition coefficient (Wildman–Crippen LogP) is 3.19. The zero-order valence-electron chi connectivity index (χ0n) is 15.4. The van der Waals surface area contributed by atoms with E-state index in [9.17, 15) is 31.9 Å². The van der Waals surface area contributed by atoms with Crippen LogP contribution in [0.3, 0.4) is 0 Å². The molecule has 0 aliphatic carbocycles. The van der Waals surface area contributed by atoms with Crippen molar-refractivity contribution in [1.29, 1.82) is 5.26 Å². The van der Waals surface area contributed by atoms with Crippen molar-refractivity contribution in [2.24, 2.45) is 7.05 Å². The van der Waals surface area contributed by atoms with Crippen LogP contribution in [0.4, 0.5) is 23.2 Å². The molecule has 2 N–H and O–H groups in total. The largest absolute Gasteiger partial charge is 0.408 e. The average molecular weight is 445 g/mol. The Morgan fingerprint density at radius 3 is 2.47 bits per heavy atom. The van der Waals surface area contributed by atoms with Crippen LogP contribution in [0.15, 0.2) is 24.4 Å². The Morgan fingerprint density at radius 1 is 1.27 bits per heavy atom. The van der Waals surface area contributed by atoms with Crippen molar-refractivity contribution in [2.45, 2.75) is 19.1 Å². The zero-order valence-corrected chi connectivity index (χ0v) is 16.2. The second kappa shape index (κ2) is 8.54. The number of amides is 2. The summed E-state index contributed by atoms with van der Waals surface area (Å²) < 4.78 is 52.2. The summed E-state index contributed by atoms with van der Waals surface area (Å²) in [6.07, 6.45) is -3.73. The van der Waals surface area contributed by atoms with Gasteiger partial charge in [-0.2, -0.15) is 18.4 Å². The van der Waals surface area contributed by atoms with Gasteiger partial charge in [0.2, 0.25) is 0 Å². The summed E-state index contributed by atoms with van der Waals surface area (Å²) in [5.74, 6) is -4.56. The lowest BCUT2D eigenvalue weighted by molar-refractivity contribution is -0.156. The number of alkyl halides is 3. The highest BCUT2D eigenvalue weighted by molar-refractivity contribution is 6.48. The SMILES string of the molecule is C[C@@H](NC(=O)C(=O)c1cn(C)c(C(=O)Nc2ccc(F)c(C#N)c2)c1Cl)C(F)(F)F. The summed E-state index contributed by atoms with van der Waals surface area (Å²) in [6, 6.07) is 2.55. The molecule has 0 aliphatic rings. The Bertz CT molecular complexity index is 1070. The fraction of sp³-hybridized carbons (Fsp3) is 0.222. The van der Waals surface area contributed by atoms with E-state index < -0.39 is 46.2 Å². The fourth-order valence-electron chi connectivity index (χ4n) is 2.36. The average Bonchev–Trinajstić information content (AvgIpc) is 2.95. The van der Waals surface area contributed by atoms with Crippen LogP contribution in [0.1, 0.15) is 33.3 Å². The molecule has 0 bridgehead atoms. The van der Waals surface area contributed by atoms with E-state index in [1.807, 2.05) is 0 Å². The molecule has 2 aromatic rings. The van der Waals surface area contributed by atoms with Crippen molar-refractivity contribution in [1.82, 2.24) is 9.88 Å². The first-order chi connectivity index (χ1) is 13.9. The summed E-state index contributed by atoms with van der Waals surface area (Å²) >= 11 is 6.02. The first kappa shape index (κ1) is 22.9. The molecule has 0 saturated heterocycles. The molecule has 2 amide bonds. The topological polar surface area (TPSA) is 104 Å². The number of hydrogen-bond acceptors (Lipinski definition) is 4. The van der Waals surface area contributed by atoms with E-state index >= 15 is 0 Å². The maximum absolute atomic E-state index is 13.4. The molecule has 0 radical (unpaired) electrons. The number of carbonyl (C=O) groups excluding carboxylic acids is 3. The number of anilines is 1. The van der Waals surface area contributed by atoms with Crippen LogP contribution in [0.25, 0.3) is 0 Å². The molecule has 0 saturated carbocycles. The predicted molar refractivity (Wildman–Crippen MR) is 97.5 cm³/mol. The number of nitriles is 1. The summed E-state index contributed by atoms with van der Waals surface area (Å²) in [5, 5.41) is 12.2. The minimum Gasteiger partial charge on any atom is -0.345 e. The van der Waals surface area contributed by atoms with E-state index in [1.54, 1.807) is 6.07 Å². The van der Waals surface area contributed by atoms with Crippen LogP contribution in [0, 0.1) is 17.1 Å². The van der Waals surface area contributed by atoms with E-state index in [0.29, 0.717) is 6.92 Å². The van der Waals surface area contributed by atoms with Gasteiger partial charge < -0.3 is 15.2 Å². The van der Waals surface area contributed by atoms with Crippen LogP contribution < -0.4 is 10.6 Å². The monoisotopic (exact) mass is 444 g/mol. The van der Waals surface area contributed by atoms with Gasteiger partial charge in [0.1, 0.15) is 23.6 Å². The quantitative estimate of drug-likeness (QED) is 0.420. The molecule has 0 unspecified atom stereocenters. The minimum absolute atomic E-state index is 0.0554. The standard InChI is InChI=1S/C18H13ClF4N4O3/c1-8(18(21,22)23)25-17(30)15(28)11-7-27(2)14(13(11)19)16(29)26-10-3-4-12(20)9(5-10)6-24/h3-5,7-8H,1-2H3,(H,25,30)(H,26,29)/t8-/m1/s1. The number of aryl methyl sites for hydroxylation is 1. The Morgan fingerprint density at radius 2 is 1.90 bits per heavy atom. The minimum atomic E-state index is -4.75. The van der Waals surface area contributed by atoms with Gasteiger partial charge in [-0.05, 0) is 25.1 Å². The van der Waals surface area contributed by atoms with Gasteiger partial charge >= 0.3 is 6.18 Å². The van der Waals surface area contributed by atoms with E-state index in [1.165, 1.54) is 18.4 Å². The molecule has 0 aliphatic heterocycles. The molecule has 1 atom stereocenters. The highest BCUT2D eigenvalue weighted by Crippen LogP contribution is 2.26. The van der Waals surface area contributed by atoms with Crippen molar-refractivity contribution >= 4 is 34.9 Å². The van der Waals surface area contributed by atoms with Crippen molar-refractivity contribution < 1.29 is 31.9 Å². The second-order valence-electron chi connectivity index (χ2n) is 6.14. The lowest BCUT2D eigenvalue weighted by Gasteiger charge is -2.16. The van der Waals surface area contributed by atoms with Crippen LogP contribution in [0.2, 0.25) is 5.02 Å². The number of halogens is 5. The molecular weight excluding hydrogens is 432 g/mol. The third kappa shape index (κ3) is 4.77.